The van der Waals surface area contributed by atoms with Gasteiger partial charge in [-0.3, -0.25) is 0 Å². The van der Waals surface area contributed by atoms with Gasteiger partial charge < -0.3 is 10.0 Å². The number of hydrogen-bond donors (Lipinski definition) is 1. The van der Waals surface area contributed by atoms with Gasteiger partial charge in [0, 0.05) is 18.8 Å². The minimum Gasteiger partial charge on any atom is -0.391 e. The summed E-state index contributed by atoms with van der Waals surface area (Å²) in [4.78, 5) is 2.03. The maximum atomic E-state index is 12.9. The third kappa shape index (κ3) is 3.49. The Morgan fingerprint density at radius 2 is 2.12 bits per heavy atom. The Bertz CT molecular complexity index is 317. The predicted octanol–water partition coefficient (Wildman–Crippen LogP) is 2.81. The molecule has 1 heterocycles. The largest absolute Gasteiger partial charge is 0.391 e. The molecule has 1 saturated heterocycles. The Kier molecular flexibility index (Phi) is 5.26. The third-order valence-corrected chi connectivity index (χ3v) is 2.57. The number of rotatable bonds is 1. The quantitative estimate of drug-likeness (QED) is 0.794. The van der Waals surface area contributed by atoms with Crippen molar-refractivity contribution >= 4 is 5.69 Å². The van der Waals surface area contributed by atoms with E-state index in [0.29, 0.717) is 6.54 Å². The van der Waals surface area contributed by atoms with Crippen LogP contribution in [0, 0.1) is 5.82 Å². The molecule has 1 atom stereocenters. The lowest BCUT2D eigenvalue weighted by atomic mass is 10.1. The molecule has 1 unspecified atom stereocenters. The van der Waals surface area contributed by atoms with Crippen molar-refractivity contribution < 1.29 is 9.50 Å². The van der Waals surface area contributed by atoms with E-state index in [0.717, 1.165) is 25.1 Å². The molecule has 1 fully saturated rings. The molecule has 1 aliphatic heterocycles. The normalized spacial score (nSPS) is 20.0. The number of anilines is 1. The predicted molar refractivity (Wildman–Crippen MR) is 65.2 cm³/mol. The molecule has 0 bridgehead atoms. The zero-order valence-corrected chi connectivity index (χ0v) is 9.99. The molecule has 1 aromatic carbocycles. The standard InChI is InChI=1S/C11H14FNO.C2H6/c12-9-3-1-4-10(7-9)13-6-2-5-11(14)8-13;1-2/h1,3-4,7,11,14H,2,5-6,8H2;1-2H3. The molecule has 1 aliphatic rings. The maximum Gasteiger partial charge on any atom is 0.125 e. The Hall–Kier alpha value is -1.09. The summed E-state index contributed by atoms with van der Waals surface area (Å²) in [5.41, 5.74) is 0.865. The summed E-state index contributed by atoms with van der Waals surface area (Å²) in [7, 11) is 0. The summed E-state index contributed by atoms with van der Waals surface area (Å²) < 4.78 is 12.9. The number of β-amino-alcohol motifs (C(OH)–C–C–N with tert-alkyl or cyclic N) is 1. The van der Waals surface area contributed by atoms with E-state index in [2.05, 4.69) is 0 Å². The van der Waals surface area contributed by atoms with Gasteiger partial charge in [-0.2, -0.15) is 0 Å². The highest BCUT2D eigenvalue weighted by atomic mass is 19.1. The lowest BCUT2D eigenvalue weighted by Gasteiger charge is -2.31. The summed E-state index contributed by atoms with van der Waals surface area (Å²) in [6.07, 6.45) is 1.55. The van der Waals surface area contributed by atoms with Crippen LogP contribution < -0.4 is 4.90 Å². The Balaban J connectivity index is 0.000000606. The van der Waals surface area contributed by atoms with Crippen LogP contribution in [-0.2, 0) is 0 Å². The van der Waals surface area contributed by atoms with Crippen molar-refractivity contribution in [3.8, 4) is 0 Å². The van der Waals surface area contributed by atoms with Crippen molar-refractivity contribution in [2.24, 2.45) is 0 Å². The number of benzene rings is 1. The highest BCUT2D eigenvalue weighted by molar-refractivity contribution is 5.46. The van der Waals surface area contributed by atoms with Crippen molar-refractivity contribution in [1.29, 1.82) is 0 Å². The summed E-state index contributed by atoms with van der Waals surface area (Å²) in [5.74, 6) is -0.220. The van der Waals surface area contributed by atoms with Gasteiger partial charge in [-0.1, -0.05) is 19.9 Å². The van der Waals surface area contributed by atoms with E-state index in [1.807, 2.05) is 24.8 Å². The van der Waals surface area contributed by atoms with Gasteiger partial charge in [0.1, 0.15) is 5.82 Å². The van der Waals surface area contributed by atoms with Crippen molar-refractivity contribution in [2.75, 3.05) is 18.0 Å². The zero-order chi connectivity index (χ0) is 12.0. The Labute approximate surface area is 96.7 Å². The van der Waals surface area contributed by atoms with E-state index in [9.17, 15) is 9.50 Å². The van der Waals surface area contributed by atoms with Gasteiger partial charge >= 0.3 is 0 Å². The second-order valence-corrected chi connectivity index (χ2v) is 3.72. The number of halogens is 1. The molecule has 0 amide bonds. The molecule has 90 valence electrons. The van der Waals surface area contributed by atoms with Gasteiger partial charge in [0.15, 0.2) is 0 Å². The number of aliphatic hydroxyl groups excluding tert-OH is 1. The van der Waals surface area contributed by atoms with Crippen LogP contribution in [0.2, 0.25) is 0 Å². The first-order valence-corrected chi connectivity index (χ1v) is 5.94. The monoisotopic (exact) mass is 225 g/mol. The van der Waals surface area contributed by atoms with Gasteiger partial charge in [-0.15, -0.1) is 0 Å². The van der Waals surface area contributed by atoms with E-state index in [1.165, 1.54) is 12.1 Å². The second kappa shape index (κ2) is 6.48. The average Bonchev–Trinajstić information content (AvgIpc) is 2.32. The molecule has 0 saturated carbocycles. The molecule has 0 aliphatic carbocycles. The second-order valence-electron chi connectivity index (χ2n) is 3.72. The molecule has 0 radical (unpaired) electrons. The molecular formula is C13H20FNO. The van der Waals surface area contributed by atoms with Crippen LogP contribution in [0.3, 0.4) is 0 Å². The van der Waals surface area contributed by atoms with Crippen LogP contribution in [0.15, 0.2) is 24.3 Å². The molecule has 0 spiro atoms. The fourth-order valence-corrected chi connectivity index (χ4v) is 1.86. The van der Waals surface area contributed by atoms with Gasteiger partial charge in [0.25, 0.3) is 0 Å². The summed E-state index contributed by atoms with van der Waals surface area (Å²) in [5, 5.41) is 9.47. The first-order chi connectivity index (χ1) is 7.75. The molecule has 3 heteroatoms. The molecule has 2 nitrogen and oxygen atoms in total. The average molecular weight is 225 g/mol. The van der Waals surface area contributed by atoms with Crippen LogP contribution in [-0.4, -0.2) is 24.3 Å². The van der Waals surface area contributed by atoms with Crippen LogP contribution in [0.25, 0.3) is 0 Å². The summed E-state index contributed by atoms with van der Waals surface area (Å²) >= 11 is 0. The van der Waals surface area contributed by atoms with Crippen LogP contribution >= 0.6 is 0 Å². The molecule has 0 aromatic heterocycles. The van der Waals surface area contributed by atoms with E-state index < -0.39 is 0 Å². The lowest BCUT2D eigenvalue weighted by Crippen LogP contribution is -2.38. The fraction of sp³-hybridized carbons (Fsp3) is 0.538. The zero-order valence-electron chi connectivity index (χ0n) is 9.99. The van der Waals surface area contributed by atoms with Gasteiger partial charge in [0.05, 0.1) is 6.10 Å². The smallest absolute Gasteiger partial charge is 0.125 e. The Morgan fingerprint density at radius 3 is 2.75 bits per heavy atom. The van der Waals surface area contributed by atoms with Crippen molar-refractivity contribution in [3.05, 3.63) is 30.1 Å². The number of piperidine rings is 1. The third-order valence-electron chi connectivity index (χ3n) is 2.57. The van der Waals surface area contributed by atoms with Crippen molar-refractivity contribution in [2.45, 2.75) is 32.8 Å². The first-order valence-electron chi connectivity index (χ1n) is 5.94. The molecule has 2 rings (SSSR count). The topological polar surface area (TPSA) is 23.5 Å². The number of nitrogens with zero attached hydrogens (tertiary/aromatic N) is 1. The molecule has 16 heavy (non-hydrogen) atoms. The van der Waals surface area contributed by atoms with E-state index in [-0.39, 0.29) is 11.9 Å². The highest BCUT2D eigenvalue weighted by Gasteiger charge is 2.17. The van der Waals surface area contributed by atoms with E-state index in [1.54, 1.807) is 6.07 Å². The SMILES string of the molecule is CC.OC1CCCN(c2cccc(F)c2)C1. The van der Waals surface area contributed by atoms with Gasteiger partial charge in [0.2, 0.25) is 0 Å². The summed E-state index contributed by atoms with van der Waals surface area (Å²) in [6.45, 7) is 5.52. The fourth-order valence-electron chi connectivity index (χ4n) is 1.86. The van der Waals surface area contributed by atoms with Crippen LogP contribution in [0.5, 0.6) is 0 Å². The number of hydrogen-bond acceptors (Lipinski definition) is 2. The maximum absolute atomic E-state index is 12.9. The number of aliphatic hydroxyl groups is 1. The highest BCUT2D eigenvalue weighted by Crippen LogP contribution is 2.20. The Morgan fingerprint density at radius 1 is 1.38 bits per heavy atom. The van der Waals surface area contributed by atoms with Crippen molar-refractivity contribution in [1.82, 2.24) is 0 Å². The van der Waals surface area contributed by atoms with E-state index >= 15 is 0 Å². The summed E-state index contributed by atoms with van der Waals surface area (Å²) in [6, 6.07) is 6.52. The van der Waals surface area contributed by atoms with E-state index in [4.69, 9.17) is 0 Å². The molecule has 1 aromatic rings. The first kappa shape index (κ1) is 13.0. The van der Waals surface area contributed by atoms with Crippen LogP contribution in [0.1, 0.15) is 26.7 Å². The van der Waals surface area contributed by atoms with Crippen LogP contribution in [0.4, 0.5) is 10.1 Å². The van der Waals surface area contributed by atoms with Crippen molar-refractivity contribution in [3.63, 3.8) is 0 Å². The molecular weight excluding hydrogens is 205 g/mol. The van der Waals surface area contributed by atoms with Gasteiger partial charge in [-0.25, -0.2) is 4.39 Å². The molecule has 1 N–H and O–H groups in total. The minimum absolute atomic E-state index is 0.220. The minimum atomic E-state index is -0.271. The lowest BCUT2D eigenvalue weighted by molar-refractivity contribution is 0.154. The van der Waals surface area contributed by atoms with Gasteiger partial charge in [-0.05, 0) is 31.0 Å².